The first-order valence-corrected chi connectivity index (χ1v) is 6.47. The molecule has 0 aromatic heterocycles. The molecule has 0 radical (unpaired) electrons. The number of para-hydroxylation sites is 1. The summed E-state index contributed by atoms with van der Waals surface area (Å²) in [7, 11) is 0. The molecule has 1 saturated heterocycles. The SMILES string of the molecule is CCC1C(=O)NCCN1C(=O)Cc1ccccc1O. The van der Waals surface area contributed by atoms with Gasteiger partial charge in [0.1, 0.15) is 11.8 Å². The number of carbonyl (C=O) groups excluding carboxylic acids is 2. The minimum atomic E-state index is -0.396. The third-order valence-electron chi connectivity index (χ3n) is 3.37. The summed E-state index contributed by atoms with van der Waals surface area (Å²) in [5, 5.41) is 12.4. The first kappa shape index (κ1) is 13.4. The second kappa shape index (κ2) is 5.73. The number of hydrogen-bond donors (Lipinski definition) is 2. The van der Waals surface area contributed by atoms with Crippen LogP contribution in [0.5, 0.6) is 5.75 Å². The maximum absolute atomic E-state index is 12.3. The number of phenols is 1. The molecule has 1 aromatic rings. The third-order valence-corrected chi connectivity index (χ3v) is 3.37. The van der Waals surface area contributed by atoms with E-state index >= 15 is 0 Å². The minimum Gasteiger partial charge on any atom is -0.508 e. The van der Waals surface area contributed by atoms with Gasteiger partial charge in [-0.3, -0.25) is 9.59 Å². The molecule has 1 unspecified atom stereocenters. The van der Waals surface area contributed by atoms with Crippen LogP contribution in [0.3, 0.4) is 0 Å². The van der Waals surface area contributed by atoms with E-state index in [0.29, 0.717) is 25.1 Å². The Morgan fingerprint density at radius 2 is 2.21 bits per heavy atom. The highest BCUT2D eigenvalue weighted by molar-refractivity contribution is 5.89. The summed E-state index contributed by atoms with van der Waals surface area (Å²) >= 11 is 0. The van der Waals surface area contributed by atoms with Crippen LogP contribution < -0.4 is 5.32 Å². The molecule has 1 atom stereocenters. The van der Waals surface area contributed by atoms with Gasteiger partial charge in [-0.2, -0.15) is 0 Å². The molecule has 0 spiro atoms. The largest absolute Gasteiger partial charge is 0.508 e. The first-order chi connectivity index (χ1) is 9.13. The molecular weight excluding hydrogens is 244 g/mol. The number of carbonyl (C=O) groups is 2. The Kier molecular flexibility index (Phi) is 4.04. The molecule has 2 amide bonds. The molecule has 0 aliphatic carbocycles. The van der Waals surface area contributed by atoms with E-state index in [1.54, 1.807) is 29.2 Å². The molecule has 1 heterocycles. The highest BCUT2D eigenvalue weighted by Gasteiger charge is 2.31. The van der Waals surface area contributed by atoms with Gasteiger partial charge in [0, 0.05) is 18.7 Å². The molecular formula is C14H18N2O3. The highest BCUT2D eigenvalue weighted by atomic mass is 16.3. The van der Waals surface area contributed by atoms with Crippen LogP contribution in [0, 0.1) is 0 Å². The number of hydrogen-bond acceptors (Lipinski definition) is 3. The van der Waals surface area contributed by atoms with Crippen LogP contribution in [0.2, 0.25) is 0 Å². The molecule has 1 aromatic carbocycles. The highest BCUT2D eigenvalue weighted by Crippen LogP contribution is 2.18. The van der Waals surface area contributed by atoms with Crippen molar-refractivity contribution >= 4 is 11.8 Å². The number of piperazine rings is 1. The Labute approximate surface area is 112 Å². The second-order valence-electron chi connectivity index (χ2n) is 4.61. The number of nitrogens with zero attached hydrogens (tertiary/aromatic N) is 1. The smallest absolute Gasteiger partial charge is 0.242 e. The number of aromatic hydroxyl groups is 1. The molecule has 5 heteroatoms. The van der Waals surface area contributed by atoms with Crippen LogP contribution in [-0.2, 0) is 16.0 Å². The van der Waals surface area contributed by atoms with Gasteiger partial charge < -0.3 is 15.3 Å². The van der Waals surface area contributed by atoms with Gasteiger partial charge in [0.15, 0.2) is 0 Å². The van der Waals surface area contributed by atoms with E-state index in [0.717, 1.165) is 0 Å². The average molecular weight is 262 g/mol. The van der Waals surface area contributed by atoms with Crippen LogP contribution >= 0.6 is 0 Å². The molecule has 0 saturated carbocycles. The lowest BCUT2D eigenvalue weighted by Gasteiger charge is -2.34. The maximum atomic E-state index is 12.3. The summed E-state index contributed by atoms with van der Waals surface area (Å²) in [4.78, 5) is 25.6. The van der Waals surface area contributed by atoms with E-state index in [1.807, 2.05) is 6.92 Å². The fourth-order valence-corrected chi connectivity index (χ4v) is 2.34. The van der Waals surface area contributed by atoms with Crippen LogP contribution in [0.25, 0.3) is 0 Å². The quantitative estimate of drug-likeness (QED) is 0.841. The summed E-state index contributed by atoms with van der Waals surface area (Å²) in [6, 6.07) is 6.38. The third kappa shape index (κ3) is 2.86. The topological polar surface area (TPSA) is 69.6 Å². The number of amides is 2. The van der Waals surface area contributed by atoms with Gasteiger partial charge >= 0.3 is 0 Å². The molecule has 1 fully saturated rings. The lowest BCUT2D eigenvalue weighted by molar-refractivity contribution is -0.142. The van der Waals surface area contributed by atoms with Gasteiger partial charge in [-0.1, -0.05) is 25.1 Å². The predicted octanol–water partition coefficient (Wildman–Crippen LogP) is 0.672. The Morgan fingerprint density at radius 1 is 1.47 bits per heavy atom. The van der Waals surface area contributed by atoms with Gasteiger partial charge in [0.05, 0.1) is 6.42 Å². The number of benzene rings is 1. The molecule has 19 heavy (non-hydrogen) atoms. The fourth-order valence-electron chi connectivity index (χ4n) is 2.34. The lowest BCUT2D eigenvalue weighted by Crippen LogP contribution is -2.57. The summed E-state index contributed by atoms with van der Waals surface area (Å²) in [5.74, 6) is -0.104. The van der Waals surface area contributed by atoms with Crippen molar-refractivity contribution in [3.05, 3.63) is 29.8 Å². The second-order valence-corrected chi connectivity index (χ2v) is 4.61. The van der Waals surface area contributed by atoms with E-state index in [1.165, 1.54) is 0 Å². The zero-order valence-corrected chi connectivity index (χ0v) is 10.9. The van der Waals surface area contributed by atoms with Crippen LogP contribution in [0.1, 0.15) is 18.9 Å². The zero-order valence-electron chi connectivity index (χ0n) is 10.9. The van der Waals surface area contributed by atoms with Gasteiger partial charge in [-0.25, -0.2) is 0 Å². The van der Waals surface area contributed by atoms with E-state index in [9.17, 15) is 14.7 Å². The van der Waals surface area contributed by atoms with E-state index < -0.39 is 6.04 Å². The van der Waals surface area contributed by atoms with Crippen molar-refractivity contribution in [1.82, 2.24) is 10.2 Å². The standard InChI is InChI=1S/C14H18N2O3/c1-2-11-14(19)15-7-8-16(11)13(18)9-10-5-3-4-6-12(10)17/h3-6,11,17H,2,7-9H2,1H3,(H,15,19). The lowest BCUT2D eigenvalue weighted by atomic mass is 10.1. The van der Waals surface area contributed by atoms with Crippen LogP contribution in [-0.4, -0.2) is 41.0 Å². The molecule has 2 N–H and O–H groups in total. The Hall–Kier alpha value is -2.04. The van der Waals surface area contributed by atoms with Crippen molar-refractivity contribution in [3.8, 4) is 5.75 Å². The molecule has 1 aliphatic heterocycles. The predicted molar refractivity (Wildman–Crippen MR) is 70.6 cm³/mol. The maximum Gasteiger partial charge on any atom is 0.242 e. The number of rotatable bonds is 3. The van der Waals surface area contributed by atoms with E-state index in [4.69, 9.17) is 0 Å². The van der Waals surface area contributed by atoms with E-state index in [-0.39, 0.29) is 24.0 Å². The number of phenolic OH excluding ortho intramolecular Hbond substituents is 1. The molecule has 2 rings (SSSR count). The van der Waals surface area contributed by atoms with Crippen molar-refractivity contribution in [2.75, 3.05) is 13.1 Å². The zero-order chi connectivity index (χ0) is 13.8. The first-order valence-electron chi connectivity index (χ1n) is 6.47. The molecule has 5 nitrogen and oxygen atoms in total. The van der Waals surface area contributed by atoms with E-state index in [2.05, 4.69) is 5.32 Å². The summed E-state index contributed by atoms with van der Waals surface area (Å²) < 4.78 is 0. The normalized spacial score (nSPS) is 19.1. The summed E-state index contributed by atoms with van der Waals surface area (Å²) in [6.45, 7) is 2.90. The monoisotopic (exact) mass is 262 g/mol. The van der Waals surface area contributed by atoms with Gasteiger partial charge in [-0.15, -0.1) is 0 Å². The molecule has 1 aliphatic rings. The molecule has 102 valence electrons. The van der Waals surface area contributed by atoms with Gasteiger partial charge in [0.2, 0.25) is 11.8 Å². The van der Waals surface area contributed by atoms with Crippen molar-refractivity contribution in [2.45, 2.75) is 25.8 Å². The fraction of sp³-hybridized carbons (Fsp3) is 0.429. The number of nitrogens with one attached hydrogen (secondary N) is 1. The average Bonchev–Trinajstić information content (AvgIpc) is 2.41. The van der Waals surface area contributed by atoms with Crippen molar-refractivity contribution < 1.29 is 14.7 Å². The van der Waals surface area contributed by atoms with Gasteiger partial charge in [-0.05, 0) is 12.5 Å². The molecule has 0 bridgehead atoms. The Balaban J connectivity index is 2.11. The minimum absolute atomic E-state index is 0.0978. The van der Waals surface area contributed by atoms with Crippen LogP contribution in [0.15, 0.2) is 24.3 Å². The van der Waals surface area contributed by atoms with Crippen molar-refractivity contribution in [3.63, 3.8) is 0 Å². The Bertz CT molecular complexity index is 487. The van der Waals surface area contributed by atoms with Gasteiger partial charge in [0.25, 0.3) is 0 Å². The van der Waals surface area contributed by atoms with Crippen LogP contribution in [0.4, 0.5) is 0 Å². The van der Waals surface area contributed by atoms with Crippen molar-refractivity contribution in [1.29, 1.82) is 0 Å². The summed E-state index contributed by atoms with van der Waals surface area (Å²) in [5.41, 5.74) is 0.591. The van der Waals surface area contributed by atoms with Crippen molar-refractivity contribution in [2.24, 2.45) is 0 Å². The Morgan fingerprint density at radius 3 is 2.89 bits per heavy atom. The summed E-state index contributed by atoms with van der Waals surface area (Å²) in [6.07, 6.45) is 0.717.